The molecule has 1 aromatic rings. The number of anilines is 1. The highest BCUT2D eigenvalue weighted by Crippen LogP contribution is 2.31. The molecule has 0 aromatic heterocycles. The Labute approximate surface area is 155 Å². The molecule has 1 fully saturated rings. The molecule has 0 unspecified atom stereocenters. The summed E-state index contributed by atoms with van der Waals surface area (Å²) in [7, 11) is 0. The molecule has 6 nitrogen and oxygen atoms in total. The number of amides is 2. The molecular weight excluding hydrogens is 342 g/mol. The molecule has 1 aliphatic heterocycles. The highest BCUT2D eigenvalue weighted by atomic mass is 35.5. The van der Waals surface area contributed by atoms with Crippen LogP contribution in [0.15, 0.2) is 18.2 Å². The third kappa shape index (κ3) is 5.17. The quantitative estimate of drug-likeness (QED) is 0.742. The summed E-state index contributed by atoms with van der Waals surface area (Å²) in [6.07, 6.45) is 1.23. The van der Waals surface area contributed by atoms with Gasteiger partial charge in [-0.05, 0) is 51.3 Å². The highest BCUT2D eigenvalue weighted by molar-refractivity contribution is 5.99. The van der Waals surface area contributed by atoms with Crippen molar-refractivity contribution in [3.63, 3.8) is 0 Å². The number of carbonyl (C=O) groups is 2. The number of nitrogens with two attached hydrogens (primary N) is 1. The highest BCUT2D eigenvalue weighted by Gasteiger charge is 2.38. The first-order chi connectivity index (χ1) is 11.4. The van der Waals surface area contributed by atoms with Crippen molar-refractivity contribution in [1.82, 2.24) is 5.32 Å². The molecule has 0 radical (unpaired) electrons. The average molecular weight is 370 g/mol. The number of carbonyl (C=O) groups excluding carboxylic acids is 2. The molecule has 1 aromatic carbocycles. The van der Waals surface area contributed by atoms with Gasteiger partial charge in [0.2, 0.25) is 5.91 Å². The van der Waals surface area contributed by atoms with Gasteiger partial charge in [-0.1, -0.05) is 6.07 Å². The van der Waals surface area contributed by atoms with Crippen molar-refractivity contribution in [2.24, 2.45) is 11.1 Å². The van der Waals surface area contributed by atoms with Gasteiger partial charge in [0.1, 0.15) is 0 Å². The summed E-state index contributed by atoms with van der Waals surface area (Å²) in [5, 5.41) is 5.80. The van der Waals surface area contributed by atoms with Crippen molar-refractivity contribution in [3.05, 3.63) is 29.3 Å². The minimum absolute atomic E-state index is 0. The molecular formula is C18H28ClN3O3. The summed E-state index contributed by atoms with van der Waals surface area (Å²) in [6.45, 7) is 7.07. The summed E-state index contributed by atoms with van der Waals surface area (Å²) in [6, 6.07) is 5.42. The van der Waals surface area contributed by atoms with Crippen LogP contribution < -0.4 is 16.4 Å². The third-order valence-corrected chi connectivity index (χ3v) is 4.48. The van der Waals surface area contributed by atoms with Gasteiger partial charge >= 0.3 is 0 Å². The van der Waals surface area contributed by atoms with Gasteiger partial charge in [-0.15, -0.1) is 12.4 Å². The lowest BCUT2D eigenvalue weighted by Gasteiger charge is -2.34. The first-order valence-electron chi connectivity index (χ1n) is 8.39. The topological polar surface area (TPSA) is 93.5 Å². The number of aryl methyl sites for hydroxylation is 1. The Balaban J connectivity index is 0.00000312. The van der Waals surface area contributed by atoms with Crippen LogP contribution in [0.4, 0.5) is 5.69 Å². The van der Waals surface area contributed by atoms with E-state index in [1.807, 2.05) is 32.9 Å². The Bertz CT molecular complexity index is 614. The number of rotatable bonds is 5. The Morgan fingerprint density at radius 3 is 2.48 bits per heavy atom. The van der Waals surface area contributed by atoms with E-state index in [9.17, 15) is 9.59 Å². The van der Waals surface area contributed by atoms with Gasteiger partial charge < -0.3 is 21.1 Å². The lowest BCUT2D eigenvalue weighted by Crippen LogP contribution is -2.46. The van der Waals surface area contributed by atoms with Crippen molar-refractivity contribution in [2.75, 3.05) is 25.1 Å². The number of hydrogen-bond donors (Lipinski definition) is 3. The van der Waals surface area contributed by atoms with Crippen LogP contribution in [0.1, 0.15) is 42.6 Å². The molecule has 2 amide bonds. The standard InChI is InChI=1S/C18H27N3O3.ClH/c1-12(2)20-16(22)15-10-14(5-4-13(15)3)21-17(23)18(11-19)6-8-24-9-7-18;/h4-5,10,12H,6-9,11,19H2,1-3H3,(H,20,22)(H,21,23);1H. The van der Waals surface area contributed by atoms with Gasteiger partial charge in [0.15, 0.2) is 0 Å². The first kappa shape index (κ1) is 21.4. The molecule has 0 saturated carbocycles. The predicted octanol–water partition coefficient (Wildman–Crippen LogP) is 2.25. The van der Waals surface area contributed by atoms with E-state index in [1.54, 1.807) is 6.07 Å². The molecule has 0 atom stereocenters. The zero-order valence-electron chi connectivity index (χ0n) is 15.1. The molecule has 0 aliphatic carbocycles. The number of hydrogen-bond acceptors (Lipinski definition) is 4. The number of halogens is 1. The maximum atomic E-state index is 12.7. The molecule has 4 N–H and O–H groups in total. The maximum absolute atomic E-state index is 12.7. The molecule has 7 heteroatoms. The predicted molar refractivity (Wildman–Crippen MR) is 101 cm³/mol. The first-order valence-corrected chi connectivity index (χ1v) is 8.39. The van der Waals surface area contributed by atoms with E-state index in [4.69, 9.17) is 10.5 Å². The van der Waals surface area contributed by atoms with Crippen LogP contribution in [0.2, 0.25) is 0 Å². The fraction of sp³-hybridized carbons (Fsp3) is 0.556. The van der Waals surface area contributed by atoms with E-state index >= 15 is 0 Å². The van der Waals surface area contributed by atoms with Gasteiger partial charge in [0, 0.05) is 37.1 Å². The zero-order valence-corrected chi connectivity index (χ0v) is 15.9. The molecule has 0 spiro atoms. The number of ether oxygens (including phenoxy) is 1. The van der Waals surface area contributed by atoms with Crippen LogP contribution >= 0.6 is 12.4 Å². The fourth-order valence-electron chi connectivity index (χ4n) is 2.83. The maximum Gasteiger partial charge on any atom is 0.251 e. The molecule has 1 saturated heterocycles. The van der Waals surface area contributed by atoms with Crippen LogP contribution in [-0.4, -0.2) is 37.6 Å². The normalized spacial score (nSPS) is 16.0. The Hall–Kier alpha value is -1.63. The second-order valence-corrected chi connectivity index (χ2v) is 6.71. The third-order valence-electron chi connectivity index (χ3n) is 4.48. The Morgan fingerprint density at radius 2 is 1.92 bits per heavy atom. The summed E-state index contributed by atoms with van der Waals surface area (Å²) in [5.41, 5.74) is 7.32. The van der Waals surface area contributed by atoms with Crippen LogP contribution in [0, 0.1) is 12.3 Å². The van der Waals surface area contributed by atoms with Gasteiger partial charge in [0.05, 0.1) is 5.41 Å². The largest absolute Gasteiger partial charge is 0.381 e. The Kier molecular flexibility index (Phi) is 7.86. The van der Waals surface area contributed by atoms with Gasteiger partial charge in [-0.2, -0.15) is 0 Å². The van der Waals surface area contributed by atoms with E-state index < -0.39 is 5.41 Å². The van der Waals surface area contributed by atoms with Crippen LogP contribution in [-0.2, 0) is 9.53 Å². The van der Waals surface area contributed by atoms with Crippen molar-refractivity contribution < 1.29 is 14.3 Å². The van der Waals surface area contributed by atoms with Gasteiger partial charge in [-0.3, -0.25) is 9.59 Å². The monoisotopic (exact) mass is 369 g/mol. The lowest BCUT2D eigenvalue weighted by atomic mass is 9.79. The van der Waals surface area contributed by atoms with E-state index in [2.05, 4.69) is 10.6 Å². The van der Waals surface area contributed by atoms with E-state index in [-0.39, 0.29) is 36.8 Å². The molecule has 140 valence electrons. The molecule has 0 bridgehead atoms. The minimum Gasteiger partial charge on any atom is -0.381 e. The molecule has 1 heterocycles. The second-order valence-electron chi connectivity index (χ2n) is 6.71. The van der Waals surface area contributed by atoms with Crippen molar-refractivity contribution in [2.45, 2.75) is 39.7 Å². The summed E-state index contributed by atoms with van der Waals surface area (Å²) in [5.74, 6) is -0.245. The molecule has 1 aliphatic rings. The SMILES string of the molecule is Cc1ccc(NC(=O)C2(CN)CCOCC2)cc1C(=O)NC(C)C.Cl. The van der Waals surface area contributed by atoms with Crippen molar-refractivity contribution >= 4 is 29.9 Å². The lowest BCUT2D eigenvalue weighted by molar-refractivity contribution is -0.130. The van der Waals surface area contributed by atoms with Crippen LogP contribution in [0.25, 0.3) is 0 Å². The van der Waals surface area contributed by atoms with E-state index in [0.717, 1.165) is 5.56 Å². The zero-order chi connectivity index (χ0) is 17.7. The van der Waals surface area contributed by atoms with Gasteiger partial charge in [-0.25, -0.2) is 0 Å². The number of benzene rings is 1. The smallest absolute Gasteiger partial charge is 0.251 e. The van der Waals surface area contributed by atoms with Crippen LogP contribution in [0.3, 0.4) is 0 Å². The summed E-state index contributed by atoms with van der Waals surface area (Å²) in [4.78, 5) is 25.0. The van der Waals surface area contributed by atoms with E-state index in [0.29, 0.717) is 37.3 Å². The summed E-state index contributed by atoms with van der Waals surface area (Å²) >= 11 is 0. The number of nitrogens with one attached hydrogen (secondary N) is 2. The van der Waals surface area contributed by atoms with Crippen LogP contribution in [0.5, 0.6) is 0 Å². The summed E-state index contributed by atoms with van der Waals surface area (Å²) < 4.78 is 5.34. The van der Waals surface area contributed by atoms with Crippen molar-refractivity contribution in [1.29, 1.82) is 0 Å². The van der Waals surface area contributed by atoms with Gasteiger partial charge in [0.25, 0.3) is 5.91 Å². The molecule has 25 heavy (non-hydrogen) atoms. The second kappa shape index (κ2) is 9.17. The molecule has 2 rings (SSSR count). The Morgan fingerprint density at radius 1 is 1.28 bits per heavy atom. The average Bonchev–Trinajstić information content (AvgIpc) is 2.56. The van der Waals surface area contributed by atoms with Crippen molar-refractivity contribution in [3.8, 4) is 0 Å². The van der Waals surface area contributed by atoms with E-state index in [1.165, 1.54) is 0 Å². The fourth-order valence-corrected chi connectivity index (χ4v) is 2.83. The minimum atomic E-state index is -0.594.